The number of anilines is 1. The van der Waals surface area contributed by atoms with E-state index in [9.17, 15) is 14.4 Å². The van der Waals surface area contributed by atoms with Crippen LogP contribution < -0.4 is 20.3 Å². The fourth-order valence-electron chi connectivity index (χ4n) is 2.54. The highest BCUT2D eigenvalue weighted by atomic mass is 16.5. The van der Waals surface area contributed by atoms with Crippen molar-refractivity contribution in [1.82, 2.24) is 10.6 Å². The van der Waals surface area contributed by atoms with Gasteiger partial charge in [0.2, 0.25) is 11.8 Å². The molecule has 1 aliphatic heterocycles. The van der Waals surface area contributed by atoms with Crippen LogP contribution in [0.3, 0.4) is 0 Å². The van der Waals surface area contributed by atoms with Gasteiger partial charge in [0.25, 0.3) is 5.91 Å². The fraction of sp³-hybridized carbons (Fsp3) is 0.278. The first kappa shape index (κ1) is 17.5. The van der Waals surface area contributed by atoms with E-state index in [-0.39, 0.29) is 50.4 Å². The van der Waals surface area contributed by atoms with E-state index in [0.29, 0.717) is 17.2 Å². The van der Waals surface area contributed by atoms with E-state index >= 15 is 0 Å². The van der Waals surface area contributed by atoms with Crippen molar-refractivity contribution in [2.45, 2.75) is 13.0 Å². The van der Waals surface area contributed by atoms with Crippen molar-refractivity contribution in [3.63, 3.8) is 0 Å². The number of para-hydroxylation sites is 2. The summed E-state index contributed by atoms with van der Waals surface area (Å²) in [6, 6.07) is 10.6. The summed E-state index contributed by atoms with van der Waals surface area (Å²) in [5, 5.41) is 5.18. The second-order valence-electron chi connectivity index (χ2n) is 5.68. The lowest BCUT2D eigenvalue weighted by atomic mass is 10.2. The molecule has 1 aromatic heterocycles. The predicted molar refractivity (Wildman–Crippen MR) is 92.5 cm³/mol. The molecular formula is C18H19N3O5. The molecule has 3 rings (SSSR count). The van der Waals surface area contributed by atoms with E-state index < -0.39 is 0 Å². The maximum absolute atomic E-state index is 12.0. The average Bonchev–Trinajstić information content (AvgIpc) is 3.17. The van der Waals surface area contributed by atoms with Gasteiger partial charge in [-0.25, -0.2) is 0 Å². The molecule has 0 spiro atoms. The molecule has 8 nitrogen and oxygen atoms in total. The maximum Gasteiger partial charge on any atom is 0.265 e. The molecule has 1 aromatic carbocycles. The Kier molecular flexibility index (Phi) is 5.52. The zero-order valence-electron chi connectivity index (χ0n) is 14.1. The Morgan fingerprint density at radius 2 is 1.92 bits per heavy atom. The molecule has 0 atom stereocenters. The zero-order chi connectivity index (χ0) is 18.4. The Morgan fingerprint density at radius 1 is 1.08 bits per heavy atom. The van der Waals surface area contributed by atoms with Gasteiger partial charge in [-0.1, -0.05) is 12.1 Å². The van der Waals surface area contributed by atoms with E-state index in [4.69, 9.17) is 9.15 Å². The van der Waals surface area contributed by atoms with E-state index in [1.807, 2.05) is 6.07 Å². The Labute approximate surface area is 150 Å². The monoisotopic (exact) mass is 357 g/mol. The SMILES string of the molecule is O=C(CCN1C(=O)COc2ccccc21)NCC(=O)NCc1ccco1. The number of ether oxygens (including phenoxy) is 1. The summed E-state index contributed by atoms with van der Waals surface area (Å²) < 4.78 is 10.5. The molecule has 2 N–H and O–H groups in total. The molecule has 0 fully saturated rings. The van der Waals surface area contributed by atoms with Crippen molar-refractivity contribution in [3.8, 4) is 5.75 Å². The topological polar surface area (TPSA) is 101 Å². The number of furan rings is 1. The van der Waals surface area contributed by atoms with Gasteiger partial charge in [0.05, 0.1) is 25.0 Å². The van der Waals surface area contributed by atoms with Gasteiger partial charge in [-0.15, -0.1) is 0 Å². The molecule has 0 unspecified atom stereocenters. The second-order valence-corrected chi connectivity index (χ2v) is 5.68. The molecule has 0 aliphatic carbocycles. The number of nitrogens with one attached hydrogen (secondary N) is 2. The van der Waals surface area contributed by atoms with E-state index in [2.05, 4.69) is 10.6 Å². The summed E-state index contributed by atoms with van der Waals surface area (Å²) in [4.78, 5) is 37.2. The molecule has 0 bridgehead atoms. The van der Waals surface area contributed by atoms with Crippen molar-refractivity contribution in [1.29, 1.82) is 0 Å². The molecule has 2 heterocycles. The molecule has 1 aliphatic rings. The highest BCUT2D eigenvalue weighted by Gasteiger charge is 2.25. The van der Waals surface area contributed by atoms with Gasteiger partial charge in [0.15, 0.2) is 6.61 Å². The number of amides is 3. The van der Waals surface area contributed by atoms with Crippen molar-refractivity contribution in [3.05, 3.63) is 48.4 Å². The smallest absolute Gasteiger partial charge is 0.265 e. The lowest BCUT2D eigenvalue weighted by Gasteiger charge is -2.29. The fourth-order valence-corrected chi connectivity index (χ4v) is 2.54. The minimum Gasteiger partial charge on any atom is -0.482 e. The highest BCUT2D eigenvalue weighted by molar-refractivity contribution is 5.98. The Balaban J connectivity index is 1.42. The van der Waals surface area contributed by atoms with Crippen LogP contribution in [0.15, 0.2) is 47.1 Å². The van der Waals surface area contributed by atoms with Crippen LogP contribution in [0, 0.1) is 0 Å². The average molecular weight is 357 g/mol. The number of nitrogens with zero attached hydrogens (tertiary/aromatic N) is 1. The Bertz CT molecular complexity index is 788. The van der Waals surface area contributed by atoms with Gasteiger partial charge in [-0.05, 0) is 24.3 Å². The van der Waals surface area contributed by atoms with Crippen LogP contribution in [0.25, 0.3) is 0 Å². The van der Waals surface area contributed by atoms with E-state index in [0.717, 1.165) is 0 Å². The van der Waals surface area contributed by atoms with Crippen molar-refractivity contribution in [2.75, 3.05) is 24.6 Å². The molecule has 0 saturated carbocycles. The largest absolute Gasteiger partial charge is 0.482 e. The number of benzene rings is 1. The summed E-state index contributed by atoms with van der Waals surface area (Å²) in [5.41, 5.74) is 0.646. The minimum atomic E-state index is -0.317. The summed E-state index contributed by atoms with van der Waals surface area (Å²) in [5.74, 6) is 0.421. The first-order chi connectivity index (χ1) is 12.6. The van der Waals surface area contributed by atoms with Gasteiger partial charge in [0, 0.05) is 13.0 Å². The van der Waals surface area contributed by atoms with Crippen molar-refractivity contribution < 1.29 is 23.5 Å². The summed E-state index contributed by atoms with van der Waals surface area (Å²) >= 11 is 0. The second kappa shape index (κ2) is 8.19. The third kappa shape index (κ3) is 4.41. The third-order valence-electron chi connectivity index (χ3n) is 3.86. The minimum absolute atomic E-state index is 0.0478. The van der Waals surface area contributed by atoms with Crippen molar-refractivity contribution >= 4 is 23.4 Å². The van der Waals surface area contributed by atoms with Crippen molar-refractivity contribution in [2.24, 2.45) is 0 Å². The number of fused-ring (bicyclic) bond motifs is 1. The van der Waals surface area contributed by atoms with E-state index in [1.54, 1.807) is 30.3 Å². The number of carbonyl (C=O) groups excluding carboxylic acids is 3. The first-order valence-electron chi connectivity index (χ1n) is 8.21. The normalized spacial score (nSPS) is 12.9. The quantitative estimate of drug-likeness (QED) is 0.764. The van der Waals surface area contributed by atoms with Gasteiger partial charge in [-0.3, -0.25) is 14.4 Å². The first-order valence-corrected chi connectivity index (χ1v) is 8.21. The number of hydrogen-bond donors (Lipinski definition) is 2. The zero-order valence-corrected chi connectivity index (χ0v) is 14.1. The molecule has 8 heteroatoms. The molecule has 0 saturated heterocycles. The predicted octanol–water partition coefficient (Wildman–Crippen LogP) is 0.828. The molecule has 136 valence electrons. The number of hydrogen-bond acceptors (Lipinski definition) is 5. The van der Waals surface area contributed by atoms with Gasteiger partial charge in [0.1, 0.15) is 11.5 Å². The van der Waals surface area contributed by atoms with Crippen LogP contribution in [0.5, 0.6) is 5.75 Å². The molecule has 3 amide bonds. The van der Waals surface area contributed by atoms with Crippen LogP contribution in [0.2, 0.25) is 0 Å². The maximum atomic E-state index is 12.0. The number of carbonyl (C=O) groups is 3. The summed E-state index contributed by atoms with van der Waals surface area (Å²) in [6.07, 6.45) is 1.61. The third-order valence-corrected chi connectivity index (χ3v) is 3.86. The lowest BCUT2D eigenvalue weighted by molar-refractivity contribution is -0.126. The highest BCUT2D eigenvalue weighted by Crippen LogP contribution is 2.31. The molecular weight excluding hydrogens is 338 g/mol. The van der Waals surface area contributed by atoms with Crippen LogP contribution in [-0.4, -0.2) is 37.4 Å². The van der Waals surface area contributed by atoms with Crippen LogP contribution in [0.1, 0.15) is 12.2 Å². The standard InChI is InChI=1S/C18H19N3O5/c22-16(20-11-17(23)19-10-13-4-3-9-25-13)7-8-21-14-5-1-2-6-15(14)26-12-18(21)24/h1-6,9H,7-8,10-12H2,(H,19,23)(H,20,22). The van der Waals surface area contributed by atoms with Gasteiger partial charge >= 0.3 is 0 Å². The van der Waals surface area contributed by atoms with Crippen LogP contribution >= 0.6 is 0 Å². The Morgan fingerprint density at radius 3 is 2.73 bits per heavy atom. The van der Waals surface area contributed by atoms with Crippen LogP contribution in [0.4, 0.5) is 5.69 Å². The molecule has 26 heavy (non-hydrogen) atoms. The Hall–Kier alpha value is -3.29. The molecule has 0 radical (unpaired) electrons. The number of rotatable bonds is 7. The van der Waals surface area contributed by atoms with Gasteiger partial charge in [-0.2, -0.15) is 0 Å². The summed E-state index contributed by atoms with van der Waals surface area (Å²) in [7, 11) is 0. The van der Waals surface area contributed by atoms with Gasteiger partial charge < -0.3 is 24.7 Å². The molecule has 2 aromatic rings. The van der Waals surface area contributed by atoms with Crippen LogP contribution in [-0.2, 0) is 20.9 Å². The summed E-state index contributed by atoms with van der Waals surface area (Å²) in [6.45, 7) is 0.306. The lowest BCUT2D eigenvalue weighted by Crippen LogP contribution is -2.42. The van der Waals surface area contributed by atoms with E-state index in [1.165, 1.54) is 11.2 Å².